The van der Waals surface area contributed by atoms with E-state index in [0.29, 0.717) is 12.6 Å². The third-order valence-corrected chi connectivity index (χ3v) is 1.61. The summed E-state index contributed by atoms with van der Waals surface area (Å²) >= 11 is 0. The van der Waals surface area contributed by atoms with Gasteiger partial charge >= 0.3 is 0 Å². The van der Waals surface area contributed by atoms with Crippen LogP contribution in [-0.2, 0) is 11.3 Å². The fourth-order valence-electron chi connectivity index (χ4n) is 0.980. The standard InChI is InChI=1S/C9H17N3O/c1-9(2,3)13-7-6-12-5-4-11-8(12)10/h4-5H,6-7H2,1-3H3,(H2,10,11). The van der Waals surface area contributed by atoms with Gasteiger partial charge in [-0.1, -0.05) is 0 Å². The zero-order valence-electron chi connectivity index (χ0n) is 8.45. The Balaban J connectivity index is 2.32. The van der Waals surface area contributed by atoms with Gasteiger partial charge in [0.25, 0.3) is 0 Å². The molecule has 13 heavy (non-hydrogen) atoms. The second-order valence-electron chi connectivity index (χ2n) is 3.94. The van der Waals surface area contributed by atoms with Gasteiger partial charge in [0.05, 0.1) is 12.2 Å². The highest BCUT2D eigenvalue weighted by molar-refractivity contribution is 5.16. The summed E-state index contributed by atoms with van der Waals surface area (Å²) in [7, 11) is 0. The highest BCUT2D eigenvalue weighted by Gasteiger charge is 2.09. The maximum atomic E-state index is 5.59. The number of anilines is 1. The van der Waals surface area contributed by atoms with Gasteiger partial charge < -0.3 is 15.0 Å². The van der Waals surface area contributed by atoms with Crippen molar-refractivity contribution in [1.29, 1.82) is 0 Å². The van der Waals surface area contributed by atoms with Gasteiger partial charge in [0.2, 0.25) is 0 Å². The minimum absolute atomic E-state index is 0.0880. The Morgan fingerprint density at radius 1 is 1.54 bits per heavy atom. The van der Waals surface area contributed by atoms with Crippen molar-refractivity contribution in [3.63, 3.8) is 0 Å². The SMILES string of the molecule is CC(C)(C)OCCn1ccnc1N. The maximum Gasteiger partial charge on any atom is 0.200 e. The second-order valence-corrected chi connectivity index (χ2v) is 3.94. The molecule has 1 heterocycles. The van der Waals surface area contributed by atoms with Crippen LogP contribution in [0.15, 0.2) is 12.4 Å². The molecule has 74 valence electrons. The van der Waals surface area contributed by atoms with E-state index in [1.165, 1.54) is 0 Å². The molecule has 1 aromatic heterocycles. The van der Waals surface area contributed by atoms with Gasteiger partial charge in [-0.2, -0.15) is 0 Å². The lowest BCUT2D eigenvalue weighted by molar-refractivity contribution is -0.00664. The largest absolute Gasteiger partial charge is 0.374 e. The molecule has 0 saturated carbocycles. The number of hydrogen-bond acceptors (Lipinski definition) is 3. The highest BCUT2D eigenvalue weighted by Crippen LogP contribution is 2.07. The molecular formula is C9H17N3O. The minimum Gasteiger partial charge on any atom is -0.374 e. The summed E-state index contributed by atoms with van der Waals surface area (Å²) < 4.78 is 7.42. The number of nitrogen functional groups attached to an aromatic ring is 1. The summed E-state index contributed by atoms with van der Waals surface area (Å²) in [5.74, 6) is 0.539. The van der Waals surface area contributed by atoms with Crippen LogP contribution >= 0.6 is 0 Å². The first kappa shape index (κ1) is 10.1. The molecule has 4 heteroatoms. The lowest BCUT2D eigenvalue weighted by atomic mass is 10.2. The molecule has 0 bridgehead atoms. The van der Waals surface area contributed by atoms with E-state index in [0.717, 1.165) is 6.54 Å². The van der Waals surface area contributed by atoms with Crippen LogP contribution in [-0.4, -0.2) is 21.8 Å². The molecule has 2 N–H and O–H groups in total. The molecule has 0 fully saturated rings. The predicted octanol–water partition coefficient (Wildman–Crippen LogP) is 1.28. The van der Waals surface area contributed by atoms with E-state index in [1.807, 2.05) is 31.5 Å². The quantitative estimate of drug-likeness (QED) is 0.768. The molecule has 0 amide bonds. The van der Waals surface area contributed by atoms with Crippen LogP contribution in [0.2, 0.25) is 0 Å². The second kappa shape index (κ2) is 3.79. The average molecular weight is 183 g/mol. The number of nitrogens with zero attached hydrogens (tertiary/aromatic N) is 2. The maximum absolute atomic E-state index is 5.59. The summed E-state index contributed by atoms with van der Waals surface area (Å²) in [4.78, 5) is 3.92. The Bertz CT molecular complexity index is 262. The van der Waals surface area contributed by atoms with Gasteiger partial charge in [-0.3, -0.25) is 0 Å². The molecule has 0 aliphatic heterocycles. The summed E-state index contributed by atoms with van der Waals surface area (Å²) in [5, 5.41) is 0. The van der Waals surface area contributed by atoms with E-state index in [2.05, 4.69) is 4.98 Å². The molecule has 0 unspecified atom stereocenters. The molecule has 0 aliphatic rings. The first-order valence-electron chi connectivity index (χ1n) is 4.39. The molecule has 0 spiro atoms. The Morgan fingerprint density at radius 3 is 2.69 bits per heavy atom. The number of ether oxygens (including phenoxy) is 1. The van der Waals surface area contributed by atoms with Gasteiger partial charge in [-0.25, -0.2) is 4.98 Å². The lowest BCUT2D eigenvalue weighted by Gasteiger charge is -2.19. The third kappa shape index (κ3) is 3.46. The van der Waals surface area contributed by atoms with Crippen LogP contribution in [0, 0.1) is 0 Å². The van der Waals surface area contributed by atoms with Crippen molar-refractivity contribution in [3.05, 3.63) is 12.4 Å². The minimum atomic E-state index is -0.0880. The van der Waals surface area contributed by atoms with Crippen molar-refractivity contribution in [2.45, 2.75) is 32.9 Å². The Kier molecular flexibility index (Phi) is 2.93. The Hall–Kier alpha value is -1.03. The van der Waals surface area contributed by atoms with E-state index >= 15 is 0 Å². The Morgan fingerprint density at radius 2 is 2.23 bits per heavy atom. The van der Waals surface area contributed by atoms with Gasteiger partial charge in [0.15, 0.2) is 5.95 Å². The first-order valence-corrected chi connectivity index (χ1v) is 4.39. The molecule has 0 atom stereocenters. The van der Waals surface area contributed by atoms with Gasteiger partial charge in [0, 0.05) is 18.9 Å². The van der Waals surface area contributed by atoms with Crippen molar-refractivity contribution in [3.8, 4) is 0 Å². The normalized spacial score (nSPS) is 11.9. The number of aromatic nitrogens is 2. The number of rotatable bonds is 3. The van der Waals surface area contributed by atoms with Crippen LogP contribution < -0.4 is 5.73 Å². The summed E-state index contributed by atoms with van der Waals surface area (Å²) in [5.41, 5.74) is 5.50. The summed E-state index contributed by atoms with van der Waals surface area (Å²) in [6.07, 6.45) is 3.54. The van der Waals surface area contributed by atoms with Gasteiger partial charge in [-0.15, -0.1) is 0 Å². The van der Waals surface area contributed by atoms with Crippen molar-refractivity contribution in [1.82, 2.24) is 9.55 Å². The smallest absolute Gasteiger partial charge is 0.200 e. The molecule has 4 nitrogen and oxygen atoms in total. The Labute approximate surface area is 78.7 Å². The van der Waals surface area contributed by atoms with Gasteiger partial charge in [-0.05, 0) is 20.8 Å². The molecule has 0 aromatic carbocycles. The molecule has 0 radical (unpaired) electrons. The lowest BCUT2D eigenvalue weighted by Crippen LogP contribution is -2.22. The van der Waals surface area contributed by atoms with Crippen molar-refractivity contribution in [2.24, 2.45) is 0 Å². The molecular weight excluding hydrogens is 166 g/mol. The fourth-order valence-corrected chi connectivity index (χ4v) is 0.980. The van der Waals surface area contributed by atoms with E-state index in [9.17, 15) is 0 Å². The van der Waals surface area contributed by atoms with Crippen LogP contribution in [0.4, 0.5) is 5.95 Å². The molecule has 0 saturated heterocycles. The number of nitrogens with two attached hydrogens (primary N) is 1. The van der Waals surface area contributed by atoms with E-state index < -0.39 is 0 Å². The molecule has 0 aliphatic carbocycles. The van der Waals surface area contributed by atoms with Crippen molar-refractivity contribution < 1.29 is 4.74 Å². The zero-order chi connectivity index (χ0) is 9.90. The van der Waals surface area contributed by atoms with Crippen molar-refractivity contribution >= 4 is 5.95 Å². The zero-order valence-corrected chi connectivity index (χ0v) is 8.45. The topological polar surface area (TPSA) is 53.1 Å². The number of hydrogen-bond donors (Lipinski definition) is 1. The van der Waals surface area contributed by atoms with Crippen LogP contribution in [0.5, 0.6) is 0 Å². The first-order chi connectivity index (χ1) is 5.99. The van der Waals surface area contributed by atoms with Crippen LogP contribution in [0.1, 0.15) is 20.8 Å². The van der Waals surface area contributed by atoms with Crippen molar-refractivity contribution in [2.75, 3.05) is 12.3 Å². The summed E-state index contributed by atoms with van der Waals surface area (Å²) in [6, 6.07) is 0. The van der Waals surface area contributed by atoms with Crippen LogP contribution in [0.3, 0.4) is 0 Å². The van der Waals surface area contributed by atoms with Crippen LogP contribution in [0.25, 0.3) is 0 Å². The molecule has 1 aromatic rings. The van der Waals surface area contributed by atoms with Gasteiger partial charge in [0.1, 0.15) is 0 Å². The molecule has 1 rings (SSSR count). The fraction of sp³-hybridized carbons (Fsp3) is 0.667. The van der Waals surface area contributed by atoms with E-state index in [1.54, 1.807) is 6.20 Å². The monoisotopic (exact) mass is 183 g/mol. The average Bonchev–Trinajstić information content (AvgIpc) is 2.34. The van der Waals surface area contributed by atoms with E-state index in [-0.39, 0.29) is 5.60 Å². The summed E-state index contributed by atoms with van der Waals surface area (Å²) in [6.45, 7) is 7.51. The van der Waals surface area contributed by atoms with E-state index in [4.69, 9.17) is 10.5 Å². The third-order valence-electron chi connectivity index (χ3n) is 1.61. The predicted molar refractivity (Wildman–Crippen MR) is 52.3 cm³/mol. The number of imidazole rings is 1. The highest BCUT2D eigenvalue weighted by atomic mass is 16.5.